The fourth-order valence-corrected chi connectivity index (χ4v) is 3.16. The summed E-state index contributed by atoms with van der Waals surface area (Å²) in [5, 5.41) is 7.77. The Labute approximate surface area is 164 Å². The molecule has 8 nitrogen and oxygen atoms in total. The van der Waals surface area contributed by atoms with Crippen molar-refractivity contribution in [2.45, 2.75) is 13.0 Å². The molecule has 0 amide bonds. The average molecular weight is 379 g/mol. The highest BCUT2D eigenvalue weighted by Gasteiger charge is 2.11. The summed E-state index contributed by atoms with van der Waals surface area (Å²) in [7, 11) is 0. The van der Waals surface area contributed by atoms with Gasteiger partial charge in [-0.25, -0.2) is 9.97 Å². The number of hydrogen-bond acceptors (Lipinski definition) is 7. The van der Waals surface area contributed by atoms with Crippen LogP contribution in [0.1, 0.15) is 5.56 Å². The van der Waals surface area contributed by atoms with Crippen molar-refractivity contribution in [2.75, 3.05) is 44.7 Å². The summed E-state index contributed by atoms with van der Waals surface area (Å²) in [6.07, 6.45) is 10.2. The van der Waals surface area contributed by atoms with E-state index in [9.17, 15) is 0 Å². The third-order valence-corrected chi connectivity index (χ3v) is 4.78. The summed E-state index contributed by atoms with van der Waals surface area (Å²) in [6.45, 7) is 6.25. The summed E-state index contributed by atoms with van der Waals surface area (Å²) in [5.41, 5.74) is 3.11. The Bertz CT molecular complexity index is 862. The fourth-order valence-electron chi connectivity index (χ4n) is 3.16. The number of nitrogens with one attached hydrogen (secondary N) is 1. The summed E-state index contributed by atoms with van der Waals surface area (Å²) in [5.74, 6) is 0.632. The van der Waals surface area contributed by atoms with Crippen LogP contribution < -0.4 is 5.32 Å². The molecule has 8 heteroatoms. The van der Waals surface area contributed by atoms with Crippen molar-refractivity contribution < 1.29 is 4.74 Å². The number of aromatic nitrogens is 5. The van der Waals surface area contributed by atoms with Gasteiger partial charge in [-0.15, -0.1) is 0 Å². The first-order valence-electron chi connectivity index (χ1n) is 9.65. The smallest absolute Gasteiger partial charge is 0.223 e. The Balaban J connectivity index is 1.31. The van der Waals surface area contributed by atoms with Gasteiger partial charge < -0.3 is 10.1 Å². The average Bonchev–Trinajstić information content (AvgIpc) is 3.23. The molecule has 1 saturated heterocycles. The van der Waals surface area contributed by atoms with Gasteiger partial charge >= 0.3 is 0 Å². The van der Waals surface area contributed by atoms with E-state index in [-0.39, 0.29) is 0 Å². The Kier molecular flexibility index (Phi) is 6.21. The maximum Gasteiger partial charge on any atom is 0.223 e. The van der Waals surface area contributed by atoms with Crippen LogP contribution in [0.4, 0.5) is 5.95 Å². The van der Waals surface area contributed by atoms with E-state index in [2.05, 4.69) is 30.3 Å². The largest absolute Gasteiger partial charge is 0.379 e. The van der Waals surface area contributed by atoms with Crippen LogP contribution in [-0.4, -0.2) is 69.0 Å². The van der Waals surface area contributed by atoms with Crippen LogP contribution in [0.3, 0.4) is 0 Å². The van der Waals surface area contributed by atoms with Crippen LogP contribution in [0.2, 0.25) is 0 Å². The predicted octanol–water partition coefficient (Wildman–Crippen LogP) is 1.72. The number of anilines is 1. The lowest BCUT2D eigenvalue weighted by Crippen LogP contribution is -2.38. The lowest BCUT2D eigenvalue weighted by Gasteiger charge is -2.26. The van der Waals surface area contributed by atoms with E-state index in [4.69, 9.17) is 4.74 Å². The van der Waals surface area contributed by atoms with Crippen molar-refractivity contribution in [3.8, 4) is 11.3 Å². The second kappa shape index (κ2) is 9.38. The molecule has 1 aliphatic heterocycles. The van der Waals surface area contributed by atoms with Crippen molar-refractivity contribution >= 4 is 5.95 Å². The zero-order chi connectivity index (χ0) is 19.0. The molecule has 4 heterocycles. The normalized spacial score (nSPS) is 14.9. The van der Waals surface area contributed by atoms with Gasteiger partial charge in [0, 0.05) is 56.5 Å². The lowest BCUT2D eigenvalue weighted by atomic mass is 10.2. The topological polar surface area (TPSA) is 81.0 Å². The van der Waals surface area contributed by atoms with Gasteiger partial charge in [0.15, 0.2) is 0 Å². The zero-order valence-electron chi connectivity index (χ0n) is 15.9. The maximum atomic E-state index is 5.39. The molecular weight excluding hydrogens is 354 g/mol. The van der Waals surface area contributed by atoms with Gasteiger partial charge in [-0.3, -0.25) is 14.6 Å². The lowest BCUT2D eigenvalue weighted by molar-refractivity contribution is 0.0360. The van der Waals surface area contributed by atoms with Crippen LogP contribution in [0.5, 0.6) is 0 Å². The molecule has 4 rings (SSSR count). The van der Waals surface area contributed by atoms with E-state index in [0.717, 1.165) is 63.6 Å². The molecule has 146 valence electrons. The van der Waals surface area contributed by atoms with Gasteiger partial charge in [-0.05, 0) is 30.2 Å². The van der Waals surface area contributed by atoms with Crippen molar-refractivity contribution in [1.82, 2.24) is 29.6 Å². The molecule has 0 aliphatic carbocycles. The minimum absolute atomic E-state index is 0.632. The van der Waals surface area contributed by atoms with Crippen LogP contribution in [-0.2, 0) is 17.7 Å². The van der Waals surface area contributed by atoms with Crippen LogP contribution in [0, 0.1) is 0 Å². The second-order valence-corrected chi connectivity index (χ2v) is 6.74. The summed E-state index contributed by atoms with van der Waals surface area (Å²) in [6, 6.07) is 5.95. The minimum Gasteiger partial charge on any atom is -0.379 e. The minimum atomic E-state index is 0.632. The van der Waals surface area contributed by atoms with Crippen LogP contribution in [0.25, 0.3) is 11.3 Å². The van der Waals surface area contributed by atoms with E-state index in [1.165, 1.54) is 5.56 Å². The Hall–Kier alpha value is -2.84. The highest BCUT2D eigenvalue weighted by molar-refractivity contribution is 5.57. The van der Waals surface area contributed by atoms with E-state index in [1.54, 1.807) is 6.20 Å². The van der Waals surface area contributed by atoms with Crippen molar-refractivity contribution in [3.05, 3.63) is 54.7 Å². The monoisotopic (exact) mass is 379 g/mol. The zero-order valence-corrected chi connectivity index (χ0v) is 15.9. The molecule has 0 atom stereocenters. The third kappa shape index (κ3) is 5.11. The molecular formula is C20H25N7O. The Morgan fingerprint density at radius 1 is 1.04 bits per heavy atom. The molecule has 0 saturated carbocycles. The third-order valence-electron chi connectivity index (χ3n) is 4.78. The SMILES string of the molecule is c1cc(CCNc2nccc(-c3cnn(CCN4CCOCC4)c3)n2)ccn1. The Morgan fingerprint density at radius 2 is 1.89 bits per heavy atom. The molecule has 0 bridgehead atoms. The van der Waals surface area contributed by atoms with Crippen LogP contribution in [0.15, 0.2) is 49.2 Å². The van der Waals surface area contributed by atoms with Crippen molar-refractivity contribution in [1.29, 1.82) is 0 Å². The molecule has 1 fully saturated rings. The standard InChI is InChI=1S/C20H25N7O/c1-5-21-6-2-17(1)3-7-22-20-23-8-4-19(25-20)18-15-24-27(16-18)10-9-26-11-13-28-14-12-26/h1-2,4-6,8,15-16H,3,7,9-14H2,(H,22,23,25). The first kappa shape index (κ1) is 18.5. The molecule has 1 N–H and O–H groups in total. The van der Waals surface area contributed by atoms with E-state index < -0.39 is 0 Å². The van der Waals surface area contributed by atoms with Gasteiger partial charge in [0.05, 0.1) is 31.6 Å². The number of pyridine rings is 1. The number of nitrogens with zero attached hydrogens (tertiary/aromatic N) is 6. The predicted molar refractivity (Wildman–Crippen MR) is 107 cm³/mol. The van der Waals surface area contributed by atoms with Gasteiger partial charge in [-0.2, -0.15) is 5.10 Å². The fraction of sp³-hybridized carbons (Fsp3) is 0.400. The second-order valence-electron chi connectivity index (χ2n) is 6.74. The van der Waals surface area contributed by atoms with E-state index >= 15 is 0 Å². The molecule has 3 aromatic heterocycles. The molecule has 0 unspecified atom stereocenters. The molecule has 3 aromatic rings. The van der Waals surface area contributed by atoms with Crippen molar-refractivity contribution in [3.63, 3.8) is 0 Å². The number of hydrogen-bond donors (Lipinski definition) is 1. The number of rotatable bonds is 8. The summed E-state index contributed by atoms with van der Waals surface area (Å²) >= 11 is 0. The van der Waals surface area contributed by atoms with Gasteiger partial charge in [0.2, 0.25) is 5.95 Å². The number of morpholine rings is 1. The first-order valence-corrected chi connectivity index (χ1v) is 9.65. The summed E-state index contributed by atoms with van der Waals surface area (Å²) < 4.78 is 7.37. The molecule has 0 aromatic carbocycles. The molecule has 0 radical (unpaired) electrons. The first-order chi connectivity index (χ1) is 13.9. The quantitative estimate of drug-likeness (QED) is 0.638. The van der Waals surface area contributed by atoms with Gasteiger partial charge in [0.1, 0.15) is 0 Å². The highest BCUT2D eigenvalue weighted by Crippen LogP contribution is 2.17. The van der Waals surface area contributed by atoms with Crippen LogP contribution >= 0.6 is 0 Å². The maximum absolute atomic E-state index is 5.39. The van der Waals surface area contributed by atoms with Gasteiger partial charge in [0.25, 0.3) is 0 Å². The molecule has 28 heavy (non-hydrogen) atoms. The van der Waals surface area contributed by atoms with Gasteiger partial charge in [-0.1, -0.05) is 0 Å². The van der Waals surface area contributed by atoms with E-state index in [1.807, 2.05) is 47.7 Å². The Morgan fingerprint density at radius 3 is 2.75 bits per heavy atom. The highest BCUT2D eigenvalue weighted by atomic mass is 16.5. The molecule has 0 spiro atoms. The van der Waals surface area contributed by atoms with Crippen molar-refractivity contribution in [2.24, 2.45) is 0 Å². The van der Waals surface area contributed by atoms with E-state index in [0.29, 0.717) is 5.95 Å². The molecule has 1 aliphatic rings. The summed E-state index contributed by atoms with van der Waals surface area (Å²) in [4.78, 5) is 15.4. The number of ether oxygens (including phenoxy) is 1.